The van der Waals surface area contributed by atoms with Gasteiger partial charge in [0.25, 0.3) is 5.91 Å². The molecule has 3 rings (SSSR count). The van der Waals surface area contributed by atoms with Gasteiger partial charge >= 0.3 is 0 Å². The van der Waals surface area contributed by atoms with Gasteiger partial charge in [-0.25, -0.2) is 0 Å². The Morgan fingerprint density at radius 3 is 2.41 bits per heavy atom. The Balaban J connectivity index is 0.00000300. The van der Waals surface area contributed by atoms with E-state index in [4.69, 9.17) is 20.6 Å². The summed E-state index contributed by atoms with van der Waals surface area (Å²) in [6.07, 6.45) is 0. The number of carbonyl (C=O) groups excluding carboxylic acids is 1. The van der Waals surface area contributed by atoms with Crippen LogP contribution in [0.3, 0.4) is 0 Å². The lowest BCUT2D eigenvalue weighted by Crippen LogP contribution is -2.13. The third-order valence-electron chi connectivity index (χ3n) is 4.12. The molecule has 29 heavy (non-hydrogen) atoms. The summed E-state index contributed by atoms with van der Waals surface area (Å²) in [5, 5.41) is 10.4. The number of nitrogen functional groups attached to an aromatic ring is 1. The normalized spacial score (nSPS) is 9.83. The van der Waals surface area contributed by atoms with E-state index in [1.807, 2.05) is 24.3 Å². The molecule has 3 aromatic carbocycles. The van der Waals surface area contributed by atoms with Crippen LogP contribution in [-0.4, -0.2) is 18.9 Å². The summed E-state index contributed by atoms with van der Waals surface area (Å²) in [4.78, 5) is 12.5. The molecule has 0 saturated carbocycles. The summed E-state index contributed by atoms with van der Waals surface area (Å²) >= 11 is 0. The minimum atomic E-state index is -0.239. The standard InChI is InChI=1S/C22H21N3O3.ClH/c1-27-18-11-9-16(10-12-18)22(26)25-19-7-2-3-8-20(19)28-14-15-5-4-6-17(13-15)21(23)24;/h2-13H,14H2,1H3,(H3,23,24)(H,25,26);1H. The number of anilines is 1. The van der Waals surface area contributed by atoms with Crippen LogP contribution in [0.25, 0.3) is 0 Å². The zero-order chi connectivity index (χ0) is 19.9. The summed E-state index contributed by atoms with van der Waals surface area (Å²) in [6.45, 7) is 0.288. The number of hydrogen-bond donors (Lipinski definition) is 3. The van der Waals surface area contributed by atoms with E-state index in [0.717, 1.165) is 5.56 Å². The second kappa shape index (κ2) is 10.1. The van der Waals surface area contributed by atoms with E-state index < -0.39 is 0 Å². The van der Waals surface area contributed by atoms with Gasteiger partial charge in [-0.1, -0.05) is 30.3 Å². The molecule has 0 bridgehead atoms. The van der Waals surface area contributed by atoms with Crippen molar-refractivity contribution in [1.29, 1.82) is 5.41 Å². The highest BCUT2D eigenvalue weighted by Gasteiger charge is 2.10. The van der Waals surface area contributed by atoms with E-state index in [1.165, 1.54) is 0 Å². The number of benzene rings is 3. The van der Waals surface area contributed by atoms with Crippen molar-refractivity contribution in [2.24, 2.45) is 5.73 Å². The number of hydrogen-bond acceptors (Lipinski definition) is 4. The predicted molar refractivity (Wildman–Crippen MR) is 116 cm³/mol. The van der Waals surface area contributed by atoms with E-state index in [2.05, 4.69) is 5.32 Å². The summed E-state index contributed by atoms with van der Waals surface area (Å²) in [5.74, 6) is 1.01. The Labute approximate surface area is 175 Å². The van der Waals surface area contributed by atoms with E-state index in [9.17, 15) is 4.79 Å². The van der Waals surface area contributed by atoms with Crippen LogP contribution < -0.4 is 20.5 Å². The maximum atomic E-state index is 12.5. The van der Waals surface area contributed by atoms with Gasteiger partial charge < -0.3 is 20.5 Å². The average molecular weight is 412 g/mol. The minimum Gasteiger partial charge on any atom is -0.497 e. The number of carbonyl (C=O) groups is 1. The molecule has 6 nitrogen and oxygen atoms in total. The molecule has 4 N–H and O–H groups in total. The smallest absolute Gasteiger partial charge is 0.255 e. The van der Waals surface area contributed by atoms with Crippen molar-refractivity contribution in [3.8, 4) is 11.5 Å². The van der Waals surface area contributed by atoms with Gasteiger partial charge in [-0.2, -0.15) is 0 Å². The number of para-hydroxylation sites is 2. The Morgan fingerprint density at radius 1 is 1.00 bits per heavy atom. The molecule has 3 aromatic rings. The first-order chi connectivity index (χ1) is 13.6. The zero-order valence-electron chi connectivity index (χ0n) is 15.8. The highest BCUT2D eigenvalue weighted by Crippen LogP contribution is 2.25. The molecule has 0 aliphatic heterocycles. The lowest BCUT2D eigenvalue weighted by Gasteiger charge is -2.13. The van der Waals surface area contributed by atoms with Crippen molar-refractivity contribution in [1.82, 2.24) is 0 Å². The maximum absolute atomic E-state index is 12.5. The Morgan fingerprint density at radius 2 is 1.72 bits per heavy atom. The van der Waals surface area contributed by atoms with Crippen molar-refractivity contribution in [3.63, 3.8) is 0 Å². The van der Waals surface area contributed by atoms with Crippen LogP contribution >= 0.6 is 12.4 Å². The monoisotopic (exact) mass is 411 g/mol. The molecule has 150 valence electrons. The molecule has 0 aromatic heterocycles. The highest BCUT2D eigenvalue weighted by molar-refractivity contribution is 6.05. The summed E-state index contributed by atoms with van der Waals surface area (Å²) in [7, 11) is 1.58. The van der Waals surface area contributed by atoms with Crippen molar-refractivity contribution >= 4 is 29.8 Å². The minimum absolute atomic E-state index is 0. The van der Waals surface area contributed by atoms with Gasteiger partial charge in [0, 0.05) is 11.1 Å². The number of halogens is 1. The number of amidine groups is 1. The fourth-order valence-electron chi connectivity index (χ4n) is 2.62. The van der Waals surface area contributed by atoms with E-state index in [1.54, 1.807) is 55.6 Å². The number of rotatable bonds is 7. The Hall–Kier alpha value is -3.51. The van der Waals surface area contributed by atoms with Crippen molar-refractivity contribution in [2.75, 3.05) is 12.4 Å². The first kappa shape index (κ1) is 21.8. The number of amides is 1. The molecule has 0 atom stereocenters. The van der Waals surface area contributed by atoms with Crippen LogP contribution in [0, 0.1) is 5.41 Å². The first-order valence-corrected chi connectivity index (χ1v) is 8.67. The molecule has 0 radical (unpaired) electrons. The molecule has 1 amide bonds. The summed E-state index contributed by atoms with van der Waals surface area (Å²) in [6, 6.07) is 21.4. The second-order valence-corrected chi connectivity index (χ2v) is 6.08. The van der Waals surface area contributed by atoms with Crippen molar-refractivity contribution in [2.45, 2.75) is 6.61 Å². The zero-order valence-corrected chi connectivity index (χ0v) is 16.7. The number of nitrogens with one attached hydrogen (secondary N) is 2. The fraction of sp³-hybridized carbons (Fsp3) is 0.0909. The lowest BCUT2D eigenvalue weighted by atomic mass is 10.1. The molecule has 0 unspecified atom stereocenters. The van der Waals surface area contributed by atoms with E-state index in [-0.39, 0.29) is 30.8 Å². The summed E-state index contributed by atoms with van der Waals surface area (Å²) in [5.41, 5.74) is 8.14. The molecule has 0 aliphatic rings. The molecule has 0 heterocycles. The topological polar surface area (TPSA) is 97.4 Å². The third kappa shape index (κ3) is 5.73. The SMILES string of the molecule is COc1ccc(C(=O)Nc2ccccc2OCc2cccc(C(=N)N)c2)cc1.Cl. The Bertz CT molecular complexity index is 991. The van der Waals surface area contributed by atoms with Gasteiger partial charge in [0.1, 0.15) is 23.9 Å². The largest absolute Gasteiger partial charge is 0.497 e. The maximum Gasteiger partial charge on any atom is 0.255 e. The molecule has 0 aliphatic carbocycles. The molecule has 7 heteroatoms. The van der Waals surface area contributed by atoms with Crippen LogP contribution in [-0.2, 0) is 6.61 Å². The molecule has 0 fully saturated rings. The van der Waals surface area contributed by atoms with Gasteiger partial charge in [-0.15, -0.1) is 12.4 Å². The van der Waals surface area contributed by atoms with Crippen LogP contribution in [0.15, 0.2) is 72.8 Å². The van der Waals surface area contributed by atoms with Crippen LogP contribution in [0.2, 0.25) is 0 Å². The third-order valence-corrected chi connectivity index (χ3v) is 4.12. The fourth-order valence-corrected chi connectivity index (χ4v) is 2.62. The molecular formula is C22H22ClN3O3. The number of nitrogens with two attached hydrogens (primary N) is 1. The highest BCUT2D eigenvalue weighted by atomic mass is 35.5. The second-order valence-electron chi connectivity index (χ2n) is 6.08. The van der Waals surface area contributed by atoms with Gasteiger partial charge in [0.15, 0.2) is 0 Å². The summed E-state index contributed by atoms with van der Waals surface area (Å²) < 4.78 is 11.0. The van der Waals surface area contributed by atoms with Crippen LogP contribution in [0.5, 0.6) is 11.5 Å². The van der Waals surface area contributed by atoms with Gasteiger partial charge in [-0.3, -0.25) is 10.2 Å². The van der Waals surface area contributed by atoms with E-state index >= 15 is 0 Å². The first-order valence-electron chi connectivity index (χ1n) is 8.67. The Kier molecular flexibility index (Phi) is 7.62. The van der Waals surface area contributed by atoms with Gasteiger partial charge in [0.2, 0.25) is 0 Å². The number of methoxy groups -OCH3 is 1. The van der Waals surface area contributed by atoms with Gasteiger partial charge in [0.05, 0.1) is 12.8 Å². The van der Waals surface area contributed by atoms with Crippen molar-refractivity contribution < 1.29 is 14.3 Å². The van der Waals surface area contributed by atoms with Crippen LogP contribution in [0.1, 0.15) is 21.5 Å². The van der Waals surface area contributed by atoms with Crippen molar-refractivity contribution in [3.05, 3.63) is 89.5 Å². The quantitative estimate of drug-likeness (QED) is 0.400. The lowest BCUT2D eigenvalue weighted by molar-refractivity contribution is 0.102. The molecule has 0 spiro atoms. The molecule has 0 saturated heterocycles. The average Bonchev–Trinajstić information content (AvgIpc) is 2.73. The van der Waals surface area contributed by atoms with Gasteiger partial charge in [-0.05, 0) is 48.0 Å². The number of ether oxygens (including phenoxy) is 2. The molecular weight excluding hydrogens is 390 g/mol. The van der Waals surface area contributed by atoms with Crippen LogP contribution in [0.4, 0.5) is 5.69 Å². The predicted octanol–water partition coefficient (Wildman–Crippen LogP) is 4.23. The van der Waals surface area contributed by atoms with E-state index in [0.29, 0.717) is 28.3 Å².